The molecule has 0 saturated heterocycles. The van der Waals surface area contributed by atoms with Crippen molar-refractivity contribution in [3.63, 3.8) is 0 Å². The molecular weight excluding hydrogens is 276 g/mol. The molecule has 0 atom stereocenters. The molecule has 3 rings (SSSR count). The molecule has 0 spiro atoms. The molecule has 4 heteroatoms. The predicted octanol–water partition coefficient (Wildman–Crippen LogP) is 3.20. The fourth-order valence-corrected chi connectivity index (χ4v) is 2.09. The molecule has 0 aliphatic rings. The summed E-state index contributed by atoms with van der Waals surface area (Å²) in [5.74, 6) is 6.23. The Morgan fingerprint density at radius 1 is 1.00 bits per heavy atom. The van der Waals surface area contributed by atoms with Gasteiger partial charge >= 0.3 is 0 Å². The normalized spacial score (nSPS) is 10.0. The Hall–Kier alpha value is -3.19. The first-order valence-electron chi connectivity index (χ1n) is 6.78. The molecule has 22 heavy (non-hydrogen) atoms. The molecule has 0 radical (unpaired) electrons. The summed E-state index contributed by atoms with van der Waals surface area (Å²) in [6, 6.07) is 12.2. The third-order valence-electron chi connectivity index (χ3n) is 3.28. The molecule has 0 saturated carbocycles. The molecule has 1 heterocycles. The van der Waals surface area contributed by atoms with Gasteiger partial charge in [0.05, 0.1) is 17.5 Å². The number of hydrogen-bond donors (Lipinski definition) is 3. The zero-order valence-electron chi connectivity index (χ0n) is 12.0. The van der Waals surface area contributed by atoms with E-state index >= 15 is 0 Å². The number of aromatic hydroxyl groups is 2. The molecule has 0 bridgehead atoms. The van der Waals surface area contributed by atoms with Gasteiger partial charge in [0.25, 0.3) is 0 Å². The lowest BCUT2D eigenvalue weighted by Crippen LogP contribution is -1.84. The van der Waals surface area contributed by atoms with Gasteiger partial charge in [-0.05, 0) is 37.3 Å². The summed E-state index contributed by atoms with van der Waals surface area (Å²) >= 11 is 0. The Bertz CT molecular complexity index is 868. The molecule has 2 aromatic carbocycles. The maximum atomic E-state index is 9.94. The van der Waals surface area contributed by atoms with Crippen molar-refractivity contribution in [1.82, 2.24) is 10.2 Å². The molecule has 1 aromatic heterocycles. The van der Waals surface area contributed by atoms with Crippen LogP contribution in [0.25, 0.3) is 11.3 Å². The van der Waals surface area contributed by atoms with E-state index in [0.29, 0.717) is 16.8 Å². The van der Waals surface area contributed by atoms with Crippen LogP contribution in [0.1, 0.15) is 16.7 Å². The Morgan fingerprint density at radius 3 is 2.55 bits per heavy atom. The summed E-state index contributed by atoms with van der Waals surface area (Å²) in [4.78, 5) is 0. The molecule has 0 amide bonds. The smallest absolute Gasteiger partial charge is 0.125 e. The number of nitrogens with zero attached hydrogens (tertiary/aromatic N) is 1. The quantitative estimate of drug-likeness (QED) is 0.476. The van der Waals surface area contributed by atoms with Gasteiger partial charge in [-0.3, -0.25) is 5.10 Å². The second kappa shape index (κ2) is 5.66. The Labute approximate surface area is 128 Å². The third-order valence-corrected chi connectivity index (χ3v) is 3.28. The Balaban J connectivity index is 2.00. The molecular formula is C18H14N2O2. The summed E-state index contributed by atoms with van der Waals surface area (Å²) < 4.78 is 0. The highest BCUT2D eigenvalue weighted by Gasteiger charge is 2.11. The molecule has 4 nitrogen and oxygen atoms in total. The summed E-state index contributed by atoms with van der Waals surface area (Å²) in [6.07, 6.45) is 1.60. The Kier molecular flexibility index (Phi) is 3.55. The van der Waals surface area contributed by atoms with Gasteiger partial charge in [0, 0.05) is 11.1 Å². The first kappa shape index (κ1) is 13.8. The van der Waals surface area contributed by atoms with Crippen molar-refractivity contribution in [3.8, 4) is 34.6 Å². The van der Waals surface area contributed by atoms with Crippen LogP contribution in [0.4, 0.5) is 0 Å². The average molecular weight is 290 g/mol. The number of H-pyrrole nitrogens is 1. The summed E-state index contributed by atoms with van der Waals surface area (Å²) in [6.45, 7) is 2.02. The van der Waals surface area contributed by atoms with Crippen molar-refractivity contribution < 1.29 is 10.2 Å². The number of phenols is 2. The van der Waals surface area contributed by atoms with Crippen molar-refractivity contribution >= 4 is 0 Å². The van der Waals surface area contributed by atoms with Crippen LogP contribution in [0.5, 0.6) is 11.5 Å². The van der Waals surface area contributed by atoms with E-state index in [0.717, 1.165) is 5.56 Å². The molecule has 0 aliphatic heterocycles. The van der Waals surface area contributed by atoms with E-state index < -0.39 is 0 Å². The van der Waals surface area contributed by atoms with Crippen molar-refractivity contribution in [2.75, 3.05) is 0 Å². The van der Waals surface area contributed by atoms with Gasteiger partial charge < -0.3 is 10.2 Å². The predicted molar refractivity (Wildman–Crippen MR) is 84.5 cm³/mol. The number of nitrogens with one attached hydrogen (secondary N) is 1. The minimum Gasteiger partial charge on any atom is -0.508 e. The highest BCUT2D eigenvalue weighted by molar-refractivity contribution is 5.73. The van der Waals surface area contributed by atoms with E-state index in [-0.39, 0.29) is 11.5 Å². The summed E-state index contributed by atoms with van der Waals surface area (Å²) in [5.41, 5.74) is 3.78. The topological polar surface area (TPSA) is 69.1 Å². The van der Waals surface area contributed by atoms with Crippen LogP contribution in [-0.4, -0.2) is 20.4 Å². The lowest BCUT2D eigenvalue weighted by molar-refractivity contribution is 0.461. The summed E-state index contributed by atoms with van der Waals surface area (Å²) in [5, 5.41) is 26.3. The highest BCUT2D eigenvalue weighted by atomic mass is 16.3. The van der Waals surface area contributed by atoms with Crippen LogP contribution in [0.2, 0.25) is 0 Å². The number of aromatic nitrogens is 2. The van der Waals surface area contributed by atoms with Gasteiger partial charge in [-0.15, -0.1) is 0 Å². The third kappa shape index (κ3) is 2.79. The van der Waals surface area contributed by atoms with Crippen LogP contribution in [0.3, 0.4) is 0 Å². The number of rotatable bonds is 1. The Morgan fingerprint density at radius 2 is 1.77 bits per heavy atom. The number of aromatic amines is 1. The van der Waals surface area contributed by atoms with E-state index in [4.69, 9.17) is 0 Å². The fourth-order valence-electron chi connectivity index (χ4n) is 2.09. The van der Waals surface area contributed by atoms with Crippen LogP contribution < -0.4 is 0 Å². The van der Waals surface area contributed by atoms with Gasteiger partial charge in [0.2, 0.25) is 0 Å². The highest BCUT2D eigenvalue weighted by Crippen LogP contribution is 2.32. The van der Waals surface area contributed by atoms with Gasteiger partial charge in [0.15, 0.2) is 0 Å². The van der Waals surface area contributed by atoms with E-state index in [2.05, 4.69) is 22.0 Å². The van der Waals surface area contributed by atoms with Crippen LogP contribution in [0.15, 0.2) is 48.7 Å². The maximum absolute atomic E-state index is 9.94. The molecule has 108 valence electrons. The summed E-state index contributed by atoms with van der Waals surface area (Å²) in [7, 11) is 0. The zero-order chi connectivity index (χ0) is 15.5. The van der Waals surface area contributed by atoms with E-state index in [9.17, 15) is 10.2 Å². The lowest BCUT2D eigenvalue weighted by atomic mass is 10.1. The molecule has 0 unspecified atom stereocenters. The molecule has 0 aliphatic carbocycles. The van der Waals surface area contributed by atoms with Crippen LogP contribution in [-0.2, 0) is 0 Å². The van der Waals surface area contributed by atoms with Crippen LogP contribution >= 0.6 is 0 Å². The van der Waals surface area contributed by atoms with Crippen LogP contribution in [0, 0.1) is 18.8 Å². The SMILES string of the molecule is Cc1ccc(C#Cc2cn[nH]c2-c2cc(O)ccc2O)cc1. The number of phenolic OH excluding ortho intramolecular Hbond substituents is 2. The minimum absolute atomic E-state index is 0.0560. The molecule has 3 N–H and O–H groups in total. The van der Waals surface area contributed by atoms with Gasteiger partial charge in [-0.25, -0.2) is 0 Å². The maximum Gasteiger partial charge on any atom is 0.125 e. The largest absolute Gasteiger partial charge is 0.508 e. The van der Waals surface area contributed by atoms with Crippen molar-refractivity contribution in [1.29, 1.82) is 0 Å². The number of hydrogen-bond acceptors (Lipinski definition) is 3. The molecule has 3 aromatic rings. The monoisotopic (exact) mass is 290 g/mol. The van der Waals surface area contributed by atoms with Crippen molar-refractivity contribution in [2.24, 2.45) is 0 Å². The number of benzene rings is 2. The first-order valence-corrected chi connectivity index (χ1v) is 6.78. The lowest BCUT2D eigenvalue weighted by Gasteiger charge is -2.03. The van der Waals surface area contributed by atoms with Gasteiger partial charge in [0.1, 0.15) is 11.5 Å². The minimum atomic E-state index is 0.0560. The average Bonchev–Trinajstić information content (AvgIpc) is 2.97. The van der Waals surface area contributed by atoms with E-state index in [1.807, 2.05) is 31.2 Å². The zero-order valence-corrected chi connectivity index (χ0v) is 12.0. The van der Waals surface area contributed by atoms with Crippen molar-refractivity contribution in [3.05, 3.63) is 65.4 Å². The first-order chi connectivity index (χ1) is 10.6. The van der Waals surface area contributed by atoms with Crippen molar-refractivity contribution in [2.45, 2.75) is 6.92 Å². The van der Waals surface area contributed by atoms with Gasteiger partial charge in [-0.2, -0.15) is 5.10 Å². The second-order valence-corrected chi connectivity index (χ2v) is 4.98. The molecule has 0 fully saturated rings. The van der Waals surface area contributed by atoms with Gasteiger partial charge in [-0.1, -0.05) is 29.5 Å². The fraction of sp³-hybridized carbons (Fsp3) is 0.0556. The van der Waals surface area contributed by atoms with E-state index in [1.54, 1.807) is 6.20 Å². The van der Waals surface area contributed by atoms with E-state index in [1.165, 1.54) is 23.8 Å². The second-order valence-electron chi connectivity index (χ2n) is 4.98. The standard InChI is InChI=1S/C18H14N2O2/c1-12-2-4-13(5-3-12)6-7-14-11-19-20-18(14)16-10-15(21)8-9-17(16)22/h2-5,8-11,21-22H,1H3,(H,19,20). The number of aryl methyl sites for hydroxylation is 1.